The first-order valence-corrected chi connectivity index (χ1v) is 7.12. The number of hydrogen-bond acceptors (Lipinski definition) is 3. The topological polar surface area (TPSA) is 34.0 Å². The Morgan fingerprint density at radius 3 is 2.71 bits per heavy atom. The zero-order chi connectivity index (χ0) is 14.4. The molecule has 1 aromatic heterocycles. The van der Waals surface area contributed by atoms with Crippen molar-refractivity contribution in [1.82, 2.24) is 15.0 Å². The molecule has 0 N–H and O–H groups in total. The molecule has 3 aromatic rings. The summed E-state index contributed by atoms with van der Waals surface area (Å²) in [5, 5.41) is 8.96. The molecule has 21 heavy (non-hydrogen) atoms. The predicted molar refractivity (Wildman–Crippen MR) is 83.1 cm³/mol. The molecule has 0 fully saturated rings. The second kappa shape index (κ2) is 4.60. The van der Waals surface area contributed by atoms with Gasteiger partial charge in [-0.1, -0.05) is 47.1 Å². The fourth-order valence-electron chi connectivity index (χ4n) is 2.96. The molecule has 2 aromatic carbocycles. The minimum Gasteiger partial charge on any atom is -0.347 e. The Balaban J connectivity index is 1.99. The fraction of sp³-hybridized carbons (Fsp3) is 0.125. The zero-order valence-electron chi connectivity index (χ0n) is 11.4. The van der Waals surface area contributed by atoms with Gasteiger partial charge in [-0.3, -0.25) is 0 Å². The number of hydrogen-bond donors (Lipinski definition) is 0. The van der Waals surface area contributed by atoms with Crippen LogP contribution in [-0.2, 0) is 0 Å². The van der Waals surface area contributed by atoms with Crippen LogP contribution >= 0.6 is 11.6 Å². The molecule has 1 aliphatic rings. The van der Waals surface area contributed by atoms with Crippen LogP contribution in [0.2, 0.25) is 5.02 Å². The molecular formula is C16H13ClN4. The Bertz CT molecular complexity index is 797. The van der Waals surface area contributed by atoms with E-state index >= 15 is 0 Å². The van der Waals surface area contributed by atoms with Crippen molar-refractivity contribution in [3.05, 3.63) is 70.9 Å². The van der Waals surface area contributed by atoms with E-state index in [1.807, 2.05) is 28.9 Å². The maximum absolute atomic E-state index is 6.21. The van der Waals surface area contributed by atoms with Crippen molar-refractivity contribution >= 4 is 17.4 Å². The quantitative estimate of drug-likeness (QED) is 0.689. The van der Waals surface area contributed by atoms with Gasteiger partial charge in [0.25, 0.3) is 0 Å². The van der Waals surface area contributed by atoms with E-state index in [4.69, 9.17) is 11.6 Å². The fourth-order valence-corrected chi connectivity index (χ4v) is 3.14. The molecule has 4 rings (SSSR count). The molecule has 0 aliphatic carbocycles. The van der Waals surface area contributed by atoms with Crippen LogP contribution in [0.15, 0.2) is 54.7 Å². The van der Waals surface area contributed by atoms with Gasteiger partial charge in [0, 0.05) is 17.6 Å². The highest BCUT2D eigenvalue weighted by atomic mass is 35.5. The second-order valence-corrected chi connectivity index (χ2v) is 5.57. The molecule has 1 aliphatic heterocycles. The predicted octanol–water partition coefficient (Wildman–Crippen LogP) is 3.46. The highest BCUT2D eigenvalue weighted by molar-refractivity contribution is 6.30. The van der Waals surface area contributed by atoms with Gasteiger partial charge in [-0.05, 0) is 23.8 Å². The first kappa shape index (κ1) is 12.4. The van der Waals surface area contributed by atoms with Crippen molar-refractivity contribution in [2.24, 2.45) is 0 Å². The summed E-state index contributed by atoms with van der Waals surface area (Å²) in [5.74, 6) is 0.971. The Morgan fingerprint density at radius 1 is 1.10 bits per heavy atom. The van der Waals surface area contributed by atoms with Crippen molar-refractivity contribution in [1.29, 1.82) is 0 Å². The standard InChI is InChI=1S/C16H13ClN4/c1-20-15-10-18-19-21(15)14-8-7-12(17)9-13(14)16(20)11-5-3-2-4-6-11/h2-10,16H,1H3. The van der Waals surface area contributed by atoms with Gasteiger partial charge in [0.05, 0.1) is 17.9 Å². The monoisotopic (exact) mass is 296 g/mol. The number of rotatable bonds is 1. The Kier molecular flexibility index (Phi) is 2.72. The normalized spacial score (nSPS) is 16.5. The highest BCUT2D eigenvalue weighted by Gasteiger charge is 2.31. The van der Waals surface area contributed by atoms with Gasteiger partial charge in [-0.25, -0.2) is 0 Å². The Labute approximate surface area is 127 Å². The lowest BCUT2D eigenvalue weighted by atomic mass is 9.94. The molecule has 2 heterocycles. The van der Waals surface area contributed by atoms with Gasteiger partial charge >= 0.3 is 0 Å². The summed E-state index contributed by atoms with van der Waals surface area (Å²) in [4.78, 5) is 2.17. The third-order valence-electron chi connectivity index (χ3n) is 3.91. The van der Waals surface area contributed by atoms with E-state index in [1.165, 1.54) is 5.56 Å². The third-order valence-corrected chi connectivity index (χ3v) is 4.14. The van der Waals surface area contributed by atoms with E-state index in [0.717, 1.165) is 22.1 Å². The lowest BCUT2D eigenvalue weighted by molar-refractivity contribution is 0.679. The summed E-state index contributed by atoms with van der Waals surface area (Å²) in [6, 6.07) is 16.4. The van der Waals surface area contributed by atoms with Gasteiger partial charge in [0.2, 0.25) is 0 Å². The molecule has 0 radical (unpaired) electrons. The van der Waals surface area contributed by atoms with Crippen LogP contribution < -0.4 is 4.90 Å². The SMILES string of the molecule is CN1c2cnnn2-c2ccc(Cl)cc2C1c1ccccc1. The van der Waals surface area contributed by atoms with Crippen molar-refractivity contribution in [3.8, 4) is 5.69 Å². The lowest BCUT2D eigenvalue weighted by Crippen LogP contribution is -2.32. The van der Waals surface area contributed by atoms with Crippen molar-refractivity contribution in [3.63, 3.8) is 0 Å². The van der Waals surface area contributed by atoms with Crippen LogP contribution in [0.25, 0.3) is 5.69 Å². The lowest BCUT2D eigenvalue weighted by Gasteiger charge is -2.36. The molecule has 0 spiro atoms. The molecule has 4 nitrogen and oxygen atoms in total. The molecule has 0 amide bonds. The molecule has 104 valence electrons. The van der Waals surface area contributed by atoms with E-state index in [-0.39, 0.29) is 6.04 Å². The van der Waals surface area contributed by atoms with E-state index < -0.39 is 0 Å². The first-order chi connectivity index (χ1) is 10.3. The first-order valence-electron chi connectivity index (χ1n) is 6.74. The van der Waals surface area contributed by atoms with Crippen LogP contribution in [0.3, 0.4) is 0 Å². The van der Waals surface area contributed by atoms with Crippen LogP contribution in [0.1, 0.15) is 17.2 Å². The van der Waals surface area contributed by atoms with E-state index in [9.17, 15) is 0 Å². The third kappa shape index (κ3) is 1.83. The van der Waals surface area contributed by atoms with E-state index in [2.05, 4.69) is 46.5 Å². The number of halogens is 1. The smallest absolute Gasteiger partial charge is 0.153 e. The van der Waals surface area contributed by atoms with Gasteiger partial charge in [-0.2, -0.15) is 4.68 Å². The van der Waals surface area contributed by atoms with Crippen molar-refractivity contribution in [2.45, 2.75) is 6.04 Å². The maximum Gasteiger partial charge on any atom is 0.153 e. The highest BCUT2D eigenvalue weighted by Crippen LogP contribution is 2.40. The molecule has 1 unspecified atom stereocenters. The summed E-state index contributed by atoms with van der Waals surface area (Å²) >= 11 is 6.21. The van der Waals surface area contributed by atoms with Crippen LogP contribution in [-0.4, -0.2) is 22.0 Å². The van der Waals surface area contributed by atoms with Gasteiger partial charge in [0.1, 0.15) is 0 Å². The molecule has 1 atom stereocenters. The van der Waals surface area contributed by atoms with Gasteiger partial charge in [-0.15, -0.1) is 5.10 Å². The van der Waals surface area contributed by atoms with Crippen LogP contribution in [0, 0.1) is 0 Å². The van der Waals surface area contributed by atoms with Gasteiger partial charge in [0.15, 0.2) is 5.82 Å². The van der Waals surface area contributed by atoms with Crippen molar-refractivity contribution < 1.29 is 0 Å². The minimum absolute atomic E-state index is 0.103. The molecule has 5 heteroatoms. The molecule has 0 bridgehead atoms. The average Bonchev–Trinajstić information content (AvgIpc) is 2.98. The largest absolute Gasteiger partial charge is 0.347 e. The summed E-state index contributed by atoms with van der Waals surface area (Å²) in [6.07, 6.45) is 1.79. The number of nitrogens with zero attached hydrogens (tertiary/aromatic N) is 4. The number of anilines is 1. The van der Waals surface area contributed by atoms with E-state index in [0.29, 0.717) is 0 Å². The van der Waals surface area contributed by atoms with Gasteiger partial charge < -0.3 is 4.90 Å². The average molecular weight is 297 g/mol. The van der Waals surface area contributed by atoms with Crippen molar-refractivity contribution in [2.75, 3.05) is 11.9 Å². The molecule has 0 saturated carbocycles. The summed E-state index contributed by atoms with van der Waals surface area (Å²) < 4.78 is 1.85. The maximum atomic E-state index is 6.21. The number of fused-ring (bicyclic) bond motifs is 3. The summed E-state index contributed by atoms with van der Waals surface area (Å²) in [6.45, 7) is 0. The number of benzene rings is 2. The summed E-state index contributed by atoms with van der Waals surface area (Å²) in [5.41, 5.74) is 3.38. The summed E-state index contributed by atoms with van der Waals surface area (Å²) in [7, 11) is 2.05. The molecule has 0 saturated heterocycles. The zero-order valence-corrected chi connectivity index (χ0v) is 12.2. The molecular weight excluding hydrogens is 284 g/mol. The Hall–Kier alpha value is -2.33. The van der Waals surface area contributed by atoms with Crippen LogP contribution in [0.5, 0.6) is 0 Å². The van der Waals surface area contributed by atoms with E-state index in [1.54, 1.807) is 6.20 Å². The minimum atomic E-state index is 0.103. The van der Waals surface area contributed by atoms with Crippen LogP contribution in [0.4, 0.5) is 5.82 Å². The second-order valence-electron chi connectivity index (χ2n) is 5.13. The Morgan fingerprint density at radius 2 is 1.90 bits per heavy atom. The number of aromatic nitrogens is 3.